The highest BCUT2D eigenvalue weighted by molar-refractivity contribution is 7.99. The number of nitrogens with zero attached hydrogens (tertiary/aromatic N) is 2. The summed E-state index contributed by atoms with van der Waals surface area (Å²) in [5, 5.41) is 5.91. The molecule has 1 unspecified atom stereocenters. The number of amides is 2. The van der Waals surface area contributed by atoms with E-state index >= 15 is 0 Å². The Morgan fingerprint density at radius 1 is 1.14 bits per heavy atom. The highest BCUT2D eigenvalue weighted by atomic mass is 32.2. The monoisotopic (exact) mass is 416 g/mol. The van der Waals surface area contributed by atoms with E-state index in [1.54, 1.807) is 31.2 Å². The second-order valence-electron chi connectivity index (χ2n) is 8.57. The number of anilines is 1. The quantitative estimate of drug-likeness (QED) is 0.698. The molecule has 5 rings (SSSR count). The minimum absolute atomic E-state index is 0.0277. The van der Waals surface area contributed by atoms with Crippen molar-refractivity contribution in [3.05, 3.63) is 29.8 Å². The van der Waals surface area contributed by atoms with E-state index in [-0.39, 0.29) is 11.8 Å². The Morgan fingerprint density at radius 2 is 1.90 bits per heavy atom. The number of ketones is 1. The lowest BCUT2D eigenvalue weighted by molar-refractivity contribution is -0.00980. The Balaban J connectivity index is 1.22. The summed E-state index contributed by atoms with van der Waals surface area (Å²) >= 11 is 2.07. The maximum atomic E-state index is 12.3. The number of piperidine rings is 3. The molecule has 0 spiro atoms. The number of rotatable bonds is 6. The summed E-state index contributed by atoms with van der Waals surface area (Å²) in [7, 11) is 0. The van der Waals surface area contributed by atoms with Gasteiger partial charge in [0, 0.05) is 61.5 Å². The van der Waals surface area contributed by atoms with Crippen LogP contribution in [0.4, 0.5) is 10.5 Å². The van der Waals surface area contributed by atoms with Crippen LogP contribution in [0.15, 0.2) is 24.3 Å². The smallest absolute Gasteiger partial charge is 0.319 e. The van der Waals surface area contributed by atoms with Gasteiger partial charge in [-0.2, -0.15) is 11.8 Å². The van der Waals surface area contributed by atoms with Gasteiger partial charge in [-0.15, -0.1) is 0 Å². The second-order valence-corrected chi connectivity index (χ2v) is 9.80. The molecule has 2 bridgehead atoms. The predicted molar refractivity (Wildman–Crippen MR) is 119 cm³/mol. The molecule has 6 nitrogen and oxygen atoms in total. The number of Topliss-reactive ketones (excluding diaryl/α,β-unsaturated/α-hetero) is 1. The Hall–Kier alpha value is -1.57. The van der Waals surface area contributed by atoms with E-state index in [1.807, 2.05) is 0 Å². The SMILES string of the molecule is CC(=O)c1ccc(NC(=O)NC[C@@H]2C[C@H]3CCN2C[C@@H]3CN2CCSCC2)cc1. The number of thioether (sulfide) groups is 1. The van der Waals surface area contributed by atoms with E-state index < -0.39 is 0 Å². The summed E-state index contributed by atoms with van der Waals surface area (Å²) < 4.78 is 0. The van der Waals surface area contributed by atoms with E-state index in [1.165, 1.54) is 50.5 Å². The third kappa shape index (κ3) is 5.32. The Labute approximate surface area is 177 Å². The number of carbonyl (C=O) groups excluding carboxylic acids is 2. The average molecular weight is 417 g/mol. The molecule has 0 saturated carbocycles. The number of fused-ring (bicyclic) bond motifs is 3. The van der Waals surface area contributed by atoms with E-state index in [0.29, 0.717) is 23.8 Å². The molecule has 7 heteroatoms. The van der Waals surface area contributed by atoms with Crippen LogP contribution in [0.25, 0.3) is 0 Å². The Morgan fingerprint density at radius 3 is 2.55 bits per heavy atom. The minimum atomic E-state index is -0.175. The summed E-state index contributed by atoms with van der Waals surface area (Å²) in [6.07, 6.45) is 2.50. The van der Waals surface area contributed by atoms with Crippen LogP contribution in [0, 0.1) is 11.8 Å². The van der Waals surface area contributed by atoms with Gasteiger partial charge < -0.3 is 15.5 Å². The largest absolute Gasteiger partial charge is 0.336 e. The van der Waals surface area contributed by atoms with Gasteiger partial charge in [-0.05, 0) is 62.4 Å². The van der Waals surface area contributed by atoms with Crippen molar-refractivity contribution >= 4 is 29.3 Å². The van der Waals surface area contributed by atoms with Crippen molar-refractivity contribution in [3.63, 3.8) is 0 Å². The number of hydrogen-bond donors (Lipinski definition) is 2. The third-order valence-electron chi connectivity index (χ3n) is 6.66. The van der Waals surface area contributed by atoms with E-state index in [2.05, 4.69) is 32.2 Å². The molecule has 4 heterocycles. The van der Waals surface area contributed by atoms with Crippen LogP contribution in [0.2, 0.25) is 0 Å². The Bertz CT molecular complexity index is 720. The summed E-state index contributed by atoms with van der Waals surface area (Å²) in [5.41, 5.74) is 1.36. The fraction of sp³-hybridized carbons (Fsp3) is 0.636. The zero-order valence-electron chi connectivity index (χ0n) is 17.2. The summed E-state index contributed by atoms with van der Waals surface area (Å²) in [5.74, 6) is 4.17. The van der Waals surface area contributed by atoms with Crippen molar-refractivity contribution in [2.45, 2.75) is 25.8 Å². The fourth-order valence-electron chi connectivity index (χ4n) is 4.96. The van der Waals surface area contributed by atoms with Crippen LogP contribution >= 0.6 is 11.8 Å². The zero-order chi connectivity index (χ0) is 20.2. The first-order valence-corrected chi connectivity index (χ1v) is 11.9. The summed E-state index contributed by atoms with van der Waals surface area (Å²) in [4.78, 5) is 28.9. The summed E-state index contributed by atoms with van der Waals surface area (Å²) in [6, 6.07) is 7.30. The first-order chi connectivity index (χ1) is 14.1. The standard InChI is InChI=1S/C22H32N4O2S/c1-16(27)17-2-4-20(5-3-17)24-22(28)23-13-21-12-18-6-7-26(21)15-19(18)14-25-8-10-29-11-9-25/h2-5,18-19,21H,6-15H2,1H3,(H2,23,24,28)/t18-,19+,21+/m1/s1. The minimum Gasteiger partial charge on any atom is -0.336 e. The van der Waals surface area contributed by atoms with Crippen molar-refractivity contribution in [2.75, 3.05) is 56.1 Å². The lowest BCUT2D eigenvalue weighted by Gasteiger charge is -2.51. The highest BCUT2D eigenvalue weighted by Crippen LogP contribution is 2.36. The molecule has 4 fully saturated rings. The second kappa shape index (κ2) is 9.49. The van der Waals surface area contributed by atoms with Crippen LogP contribution in [0.3, 0.4) is 0 Å². The van der Waals surface area contributed by atoms with Gasteiger partial charge in [0.25, 0.3) is 0 Å². The lowest BCUT2D eigenvalue weighted by Crippen LogP contribution is -2.59. The number of hydrogen-bond acceptors (Lipinski definition) is 5. The van der Waals surface area contributed by atoms with Gasteiger partial charge in [0.2, 0.25) is 0 Å². The summed E-state index contributed by atoms with van der Waals surface area (Å²) in [6.45, 7) is 8.31. The molecule has 0 radical (unpaired) electrons. The third-order valence-corrected chi connectivity index (χ3v) is 7.60. The number of benzene rings is 1. The van der Waals surface area contributed by atoms with E-state index in [0.717, 1.165) is 18.4 Å². The zero-order valence-corrected chi connectivity index (χ0v) is 18.0. The van der Waals surface area contributed by atoms with Crippen molar-refractivity contribution in [3.8, 4) is 0 Å². The normalized spacial score (nSPS) is 29.4. The number of urea groups is 1. The van der Waals surface area contributed by atoms with Crippen molar-refractivity contribution in [1.29, 1.82) is 0 Å². The van der Waals surface area contributed by atoms with E-state index in [9.17, 15) is 9.59 Å². The highest BCUT2D eigenvalue weighted by Gasteiger charge is 2.40. The van der Waals surface area contributed by atoms with Crippen LogP contribution in [-0.4, -0.2) is 78.4 Å². The van der Waals surface area contributed by atoms with Gasteiger partial charge in [0.1, 0.15) is 0 Å². The predicted octanol–water partition coefficient (Wildman–Crippen LogP) is 2.77. The molecule has 29 heavy (non-hydrogen) atoms. The molecular weight excluding hydrogens is 384 g/mol. The first kappa shape index (κ1) is 20.7. The molecule has 1 aromatic carbocycles. The molecule has 1 aromatic rings. The Kier molecular flexibility index (Phi) is 6.77. The maximum Gasteiger partial charge on any atom is 0.319 e. The van der Waals surface area contributed by atoms with Crippen molar-refractivity contribution in [2.24, 2.45) is 11.8 Å². The van der Waals surface area contributed by atoms with Gasteiger partial charge >= 0.3 is 6.03 Å². The van der Waals surface area contributed by atoms with Gasteiger partial charge in [-0.25, -0.2) is 4.79 Å². The fourth-order valence-corrected chi connectivity index (χ4v) is 5.94. The number of carbonyl (C=O) groups is 2. The molecule has 2 amide bonds. The molecular formula is C22H32N4O2S. The van der Waals surface area contributed by atoms with Gasteiger partial charge in [0.15, 0.2) is 5.78 Å². The topological polar surface area (TPSA) is 64.7 Å². The first-order valence-electron chi connectivity index (χ1n) is 10.8. The molecule has 0 aliphatic carbocycles. The molecule has 2 N–H and O–H groups in total. The molecule has 4 aliphatic heterocycles. The lowest BCUT2D eigenvalue weighted by atomic mass is 9.75. The molecule has 4 atom stereocenters. The van der Waals surface area contributed by atoms with Crippen LogP contribution < -0.4 is 10.6 Å². The van der Waals surface area contributed by atoms with Gasteiger partial charge in [-0.1, -0.05) is 0 Å². The van der Waals surface area contributed by atoms with Crippen LogP contribution in [0.1, 0.15) is 30.1 Å². The van der Waals surface area contributed by atoms with Crippen LogP contribution in [-0.2, 0) is 0 Å². The maximum absolute atomic E-state index is 12.3. The van der Waals surface area contributed by atoms with Crippen molar-refractivity contribution in [1.82, 2.24) is 15.1 Å². The molecule has 4 aliphatic rings. The van der Waals surface area contributed by atoms with Crippen molar-refractivity contribution < 1.29 is 9.59 Å². The van der Waals surface area contributed by atoms with Crippen LogP contribution in [0.5, 0.6) is 0 Å². The average Bonchev–Trinajstić information content (AvgIpc) is 2.74. The molecule has 158 valence electrons. The molecule has 4 saturated heterocycles. The van der Waals surface area contributed by atoms with E-state index in [4.69, 9.17) is 0 Å². The molecule has 0 aromatic heterocycles. The van der Waals surface area contributed by atoms with Gasteiger partial charge in [0.05, 0.1) is 0 Å². The number of nitrogens with one attached hydrogen (secondary N) is 2. The van der Waals surface area contributed by atoms with Gasteiger partial charge in [-0.3, -0.25) is 9.69 Å².